The van der Waals surface area contributed by atoms with Crippen molar-refractivity contribution in [1.29, 1.82) is 0 Å². The molecule has 0 atom stereocenters. The number of nitro benzene ring substituents is 1. The lowest BCUT2D eigenvalue weighted by Gasteiger charge is -2.20. The van der Waals surface area contributed by atoms with E-state index in [9.17, 15) is 18.5 Å². The van der Waals surface area contributed by atoms with E-state index in [-0.39, 0.29) is 10.6 Å². The Hall–Kier alpha value is -1.98. The SMILES string of the molecule is O=[N+]([O-])c1cc(S(=O)(=O)N2CCCCCC2)ccc1Sc1nnc(C2CC2)n1C1CC1. The highest BCUT2D eigenvalue weighted by atomic mass is 32.2. The molecule has 1 aromatic heterocycles. The molecule has 3 aliphatic rings. The fourth-order valence-electron chi connectivity index (χ4n) is 4.07. The molecule has 0 amide bonds. The Morgan fingerprint density at radius 2 is 1.74 bits per heavy atom. The van der Waals surface area contributed by atoms with Crippen molar-refractivity contribution in [3.05, 3.63) is 34.1 Å². The van der Waals surface area contributed by atoms with Gasteiger partial charge in [-0.15, -0.1) is 10.2 Å². The van der Waals surface area contributed by atoms with Gasteiger partial charge in [-0.05, 0) is 62.4 Å². The summed E-state index contributed by atoms with van der Waals surface area (Å²) in [7, 11) is -3.76. The first kappa shape index (κ1) is 20.9. The summed E-state index contributed by atoms with van der Waals surface area (Å²) < 4.78 is 29.8. The maximum absolute atomic E-state index is 13.1. The fraction of sp³-hybridized carbons (Fsp3) is 0.600. The molecule has 0 unspecified atom stereocenters. The van der Waals surface area contributed by atoms with Gasteiger partial charge in [0.1, 0.15) is 5.82 Å². The molecule has 2 aliphatic carbocycles. The van der Waals surface area contributed by atoms with Gasteiger partial charge in [-0.1, -0.05) is 12.8 Å². The molecule has 0 N–H and O–H groups in total. The fourth-order valence-corrected chi connectivity index (χ4v) is 6.60. The first-order chi connectivity index (χ1) is 14.9. The Labute approximate surface area is 185 Å². The molecule has 0 spiro atoms. The van der Waals surface area contributed by atoms with E-state index < -0.39 is 14.9 Å². The number of nitrogens with zero attached hydrogens (tertiary/aromatic N) is 5. The van der Waals surface area contributed by atoms with Gasteiger partial charge in [-0.2, -0.15) is 4.31 Å². The maximum atomic E-state index is 13.1. The molecular weight excluding hydrogens is 438 g/mol. The Balaban J connectivity index is 1.46. The highest BCUT2D eigenvalue weighted by Gasteiger charge is 2.37. The van der Waals surface area contributed by atoms with Crippen LogP contribution in [0.25, 0.3) is 0 Å². The van der Waals surface area contributed by atoms with Crippen molar-refractivity contribution in [2.45, 2.75) is 78.3 Å². The summed E-state index contributed by atoms with van der Waals surface area (Å²) >= 11 is 1.20. The number of rotatable bonds is 7. The molecule has 1 saturated heterocycles. The van der Waals surface area contributed by atoms with Crippen LogP contribution in [-0.2, 0) is 10.0 Å². The molecular formula is C20H25N5O4S2. The van der Waals surface area contributed by atoms with Gasteiger partial charge in [0.25, 0.3) is 5.69 Å². The minimum atomic E-state index is -3.76. The van der Waals surface area contributed by atoms with E-state index in [4.69, 9.17) is 0 Å². The minimum absolute atomic E-state index is 0.0206. The van der Waals surface area contributed by atoms with Gasteiger partial charge in [0.05, 0.1) is 14.7 Å². The second kappa shape index (κ2) is 8.18. The van der Waals surface area contributed by atoms with Gasteiger partial charge in [0.2, 0.25) is 10.0 Å². The largest absolute Gasteiger partial charge is 0.302 e. The van der Waals surface area contributed by atoms with E-state index in [1.165, 1.54) is 34.3 Å². The Morgan fingerprint density at radius 3 is 2.35 bits per heavy atom. The van der Waals surface area contributed by atoms with Crippen LogP contribution in [0.2, 0.25) is 0 Å². The highest BCUT2D eigenvalue weighted by molar-refractivity contribution is 7.99. The first-order valence-corrected chi connectivity index (χ1v) is 13.1. The summed E-state index contributed by atoms with van der Waals surface area (Å²) in [6.45, 7) is 0.919. The zero-order valence-electron chi connectivity index (χ0n) is 17.1. The van der Waals surface area contributed by atoms with Crippen molar-refractivity contribution in [2.75, 3.05) is 13.1 Å². The van der Waals surface area contributed by atoms with Crippen molar-refractivity contribution >= 4 is 27.5 Å². The van der Waals surface area contributed by atoms with Gasteiger partial charge in [-0.3, -0.25) is 10.1 Å². The number of nitro groups is 1. The summed E-state index contributed by atoms with van der Waals surface area (Å²) in [5, 5.41) is 21.1. The van der Waals surface area contributed by atoms with E-state index in [2.05, 4.69) is 14.8 Å². The van der Waals surface area contributed by atoms with Crippen molar-refractivity contribution in [3.8, 4) is 0 Å². The molecule has 31 heavy (non-hydrogen) atoms. The maximum Gasteiger partial charge on any atom is 0.284 e. The third kappa shape index (κ3) is 4.22. The molecule has 0 bridgehead atoms. The van der Waals surface area contributed by atoms with Crippen LogP contribution in [-0.4, -0.2) is 45.5 Å². The van der Waals surface area contributed by atoms with Gasteiger partial charge < -0.3 is 4.57 Å². The summed E-state index contributed by atoms with van der Waals surface area (Å²) in [6.07, 6.45) is 8.00. The zero-order chi connectivity index (χ0) is 21.6. The molecule has 0 radical (unpaired) electrons. The standard InChI is InChI=1S/C20H25N5O4S2/c26-25(27)17-13-16(31(28,29)23-11-3-1-2-4-12-23)9-10-18(17)30-20-22-21-19(14-5-6-14)24(20)15-7-8-15/h9-10,13-15H,1-8,11-12H2. The van der Waals surface area contributed by atoms with Gasteiger partial charge in [0, 0.05) is 31.1 Å². The molecule has 9 nitrogen and oxygen atoms in total. The van der Waals surface area contributed by atoms with Crippen LogP contribution in [0.1, 0.15) is 69.2 Å². The number of aromatic nitrogens is 3. The molecule has 2 heterocycles. The van der Waals surface area contributed by atoms with E-state index in [1.54, 1.807) is 0 Å². The predicted molar refractivity (Wildman–Crippen MR) is 115 cm³/mol. The topological polar surface area (TPSA) is 111 Å². The van der Waals surface area contributed by atoms with E-state index in [0.717, 1.165) is 57.2 Å². The molecule has 166 valence electrons. The van der Waals surface area contributed by atoms with Crippen LogP contribution in [0.15, 0.2) is 33.1 Å². The monoisotopic (exact) mass is 463 g/mol. The third-order valence-corrected chi connectivity index (χ3v) is 9.00. The average molecular weight is 464 g/mol. The highest BCUT2D eigenvalue weighted by Crippen LogP contribution is 2.47. The molecule has 2 aromatic rings. The van der Waals surface area contributed by atoms with E-state index in [0.29, 0.717) is 35.1 Å². The molecule has 5 rings (SSSR count). The smallest absolute Gasteiger partial charge is 0.284 e. The lowest BCUT2D eigenvalue weighted by atomic mass is 10.2. The molecule has 2 saturated carbocycles. The van der Waals surface area contributed by atoms with Gasteiger partial charge in [0.15, 0.2) is 5.16 Å². The lowest BCUT2D eigenvalue weighted by molar-refractivity contribution is -0.388. The zero-order valence-corrected chi connectivity index (χ0v) is 18.8. The Morgan fingerprint density at radius 1 is 1.03 bits per heavy atom. The number of hydrogen-bond acceptors (Lipinski definition) is 7. The normalized spacial score (nSPS) is 20.5. The van der Waals surface area contributed by atoms with Crippen molar-refractivity contribution in [2.24, 2.45) is 0 Å². The summed E-state index contributed by atoms with van der Waals surface area (Å²) in [4.78, 5) is 11.7. The van der Waals surface area contributed by atoms with Crippen molar-refractivity contribution < 1.29 is 13.3 Å². The summed E-state index contributed by atoms with van der Waals surface area (Å²) in [5.74, 6) is 1.42. The Kier molecular flexibility index (Phi) is 5.51. The number of sulfonamides is 1. The molecule has 11 heteroatoms. The van der Waals surface area contributed by atoms with Gasteiger partial charge in [-0.25, -0.2) is 8.42 Å². The second-order valence-corrected chi connectivity index (χ2v) is 11.5. The van der Waals surface area contributed by atoms with Crippen LogP contribution in [0.3, 0.4) is 0 Å². The lowest BCUT2D eigenvalue weighted by Crippen LogP contribution is -2.31. The summed E-state index contributed by atoms with van der Waals surface area (Å²) in [5.41, 5.74) is -0.209. The minimum Gasteiger partial charge on any atom is -0.302 e. The van der Waals surface area contributed by atoms with Crippen LogP contribution >= 0.6 is 11.8 Å². The molecule has 1 aliphatic heterocycles. The van der Waals surface area contributed by atoms with Crippen LogP contribution in [0.5, 0.6) is 0 Å². The molecule has 1 aromatic carbocycles. The molecule has 3 fully saturated rings. The second-order valence-electron chi connectivity index (χ2n) is 8.52. The van der Waals surface area contributed by atoms with Crippen LogP contribution < -0.4 is 0 Å². The number of benzene rings is 1. The van der Waals surface area contributed by atoms with Gasteiger partial charge >= 0.3 is 0 Å². The first-order valence-electron chi connectivity index (χ1n) is 10.9. The number of hydrogen-bond donors (Lipinski definition) is 0. The Bertz CT molecular complexity index is 1100. The quantitative estimate of drug-likeness (QED) is 0.448. The van der Waals surface area contributed by atoms with Crippen LogP contribution in [0.4, 0.5) is 5.69 Å². The third-order valence-electron chi connectivity index (χ3n) is 6.08. The summed E-state index contributed by atoms with van der Waals surface area (Å²) in [6, 6.07) is 4.59. The van der Waals surface area contributed by atoms with Crippen molar-refractivity contribution in [1.82, 2.24) is 19.1 Å². The van der Waals surface area contributed by atoms with Crippen LogP contribution in [0, 0.1) is 10.1 Å². The predicted octanol–water partition coefficient (Wildman–Crippen LogP) is 4.11. The average Bonchev–Trinajstić information content (AvgIpc) is 3.65. The van der Waals surface area contributed by atoms with Crippen molar-refractivity contribution in [3.63, 3.8) is 0 Å². The van der Waals surface area contributed by atoms with E-state index in [1.807, 2.05) is 0 Å². The van der Waals surface area contributed by atoms with E-state index >= 15 is 0 Å².